The second-order valence-electron chi connectivity index (χ2n) is 2.75. The number of carbonyl (C=O) groups is 1. The summed E-state index contributed by atoms with van der Waals surface area (Å²) < 4.78 is 11.0. The number of benzene rings is 1. The number of carbonyl (C=O) groups excluding carboxylic acids is 1. The van der Waals surface area contributed by atoms with Crippen LogP contribution >= 0.6 is 15.9 Å². The van der Waals surface area contributed by atoms with Crippen LogP contribution in [0.1, 0.15) is 15.9 Å². The molecule has 0 aromatic heterocycles. The molecular formula is C10H11BrO3. The van der Waals surface area contributed by atoms with Crippen LogP contribution in [0.15, 0.2) is 10.5 Å². The van der Waals surface area contributed by atoms with Gasteiger partial charge in [-0.25, -0.2) is 0 Å². The van der Waals surface area contributed by atoms with Crippen LogP contribution in [0, 0.1) is 6.92 Å². The van der Waals surface area contributed by atoms with E-state index in [1.165, 1.54) is 14.2 Å². The van der Waals surface area contributed by atoms with Crippen molar-refractivity contribution in [3.8, 4) is 11.5 Å². The topological polar surface area (TPSA) is 35.5 Å². The first kappa shape index (κ1) is 11.0. The number of halogens is 1. The van der Waals surface area contributed by atoms with Crippen LogP contribution in [0.5, 0.6) is 11.5 Å². The molecule has 0 amide bonds. The quantitative estimate of drug-likeness (QED) is 0.782. The molecule has 0 atom stereocenters. The molecule has 14 heavy (non-hydrogen) atoms. The maximum atomic E-state index is 10.9. The minimum Gasteiger partial charge on any atom is -0.493 e. The molecule has 0 radical (unpaired) electrons. The van der Waals surface area contributed by atoms with Crippen molar-refractivity contribution in [2.75, 3.05) is 14.2 Å². The third-order valence-corrected chi connectivity index (χ3v) is 2.85. The van der Waals surface area contributed by atoms with Gasteiger partial charge in [-0.1, -0.05) is 15.9 Å². The Labute approximate surface area is 91.1 Å². The fraction of sp³-hybridized carbons (Fsp3) is 0.300. The maximum Gasteiger partial charge on any atom is 0.171 e. The van der Waals surface area contributed by atoms with Gasteiger partial charge in [0.15, 0.2) is 17.8 Å². The Hall–Kier alpha value is -1.03. The van der Waals surface area contributed by atoms with Crippen molar-refractivity contribution in [1.29, 1.82) is 0 Å². The molecule has 0 aliphatic rings. The predicted octanol–water partition coefficient (Wildman–Crippen LogP) is 2.59. The van der Waals surface area contributed by atoms with E-state index >= 15 is 0 Å². The molecule has 76 valence electrons. The molecule has 0 aliphatic heterocycles. The number of rotatable bonds is 3. The summed E-state index contributed by atoms with van der Waals surface area (Å²) in [4.78, 5) is 10.9. The van der Waals surface area contributed by atoms with Gasteiger partial charge in [0.25, 0.3) is 0 Å². The number of ether oxygens (including phenoxy) is 2. The molecule has 0 N–H and O–H groups in total. The van der Waals surface area contributed by atoms with E-state index in [1.54, 1.807) is 6.07 Å². The van der Waals surface area contributed by atoms with Gasteiger partial charge < -0.3 is 9.47 Å². The first-order chi connectivity index (χ1) is 6.65. The van der Waals surface area contributed by atoms with Gasteiger partial charge in [-0.3, -0.25) is 4.79 Å². The van der Waals surface area contributed by atoms with Gasteiger partial charge in [-0.15, -0.1) is 0 Å². The molecule has 3 nitrogen and oxygen atoms in total. The number of methoxy groups -OCH3 is 2. The highest BCUT2D eigenvalue weighted by Crippen LogP contribution is 2.36. The van der Waals surface area contributed by atoms with Gasteiger partial charge in [-0.2, -0.15) is 0 Å². The molecule has 1 aromatic rings. The lowest BCUT2D eigenvalue weighted by molar-refractivity contribution is 0.111. The van der Waals surface area contributed by atoms with E-state index in [2.05, 4.69) is 15.9 Å². The molecule has 0 unspecified atom stereocenters. The van der Waals surface area contributed by atoms with E-state index in [0.717, 1.165) is 16.3 Å². The summed E-state index contributed by atoms with van der Waals surface area (Å²) in [6.07, 6.45) is 0.765. The SMILES string of the molecule is COc1cc(Br)c(C)c(C=O)c1OC. The van der Waals surface area contributed by atoms with Crippen molar-refractivity contribution < 1.29 is 14.3 Å². The molecular weight excluding hydrogens is 248 g/mol. The molecule has 0 heterocycles. The fourth-order valence-corrected chi connectivity index (χ4v) is 1.65. The van der Waals surface area contributed by atoms with Gasteiger partial charge in [0, 0.05) is 4.47 Å². The third-order valence-electron chi connectivity index (χ3n) is 2.03. The summed E-state index contributed by atoms with van der Waals surface area (Å²) in [7, 11) is 3.05. The number of hydrogen-bond acceptors (Lipinski definition) is 3. The lowest BCUT2D eigenvalue weighted by Crippen LogP contribution is -1.98. The van der Waals surface area contributed by atoms with Gasteiger partial charge in [0.1, 0.15) is 0 Å². The van der Waals surface area contributed by atoms with Crippen LogP contribution in [0.3, 0.4) is 0 Å². The lowest BCUT2D eigenvalue weighted by Gasteiger charge is -2.12. The monoisotopic (exact) mass is 258 g/mol. The zero-order valence-electron chi connectivity index (χ0n) is 8.26. The first-order valence-corrected chi connectivity index (χ1v) is 4.81. The van der Waals surface area contributed by atoms with Crippen LogP contribution in [-0.4, -0.2) is 20.5 Å². The maximum absolute atomic E-state index is 10.9. The molecule has 4 heteroatoms. The molecule has 0 aliphatic carbocycles. The van der Waals surface area contributed by atoms with Crippen molar-refractivity contribution in [1.82, 2.24) is 0 Å². The Morgan fingerprint density at radius 3 is 2.43 bits per heavy atom. The summed E-state index contributed by atoms with van der Waals surface area (Å²) in [5.74, 6) is 1.02. The van der Waals surface area contributed by atoms with E-state index in [1.807, 2.05) is 6.92 Å². The molecule has 0 fully saturated rings. The van der Waals surface area contributed by atoms with Gasteiger partial charge >= 0.3 is 0 Å². The number of aldehydes is 1. The Morgan fingerprint density at radius 2 is 2.00 bits per heavy atom. The normalized spacial score (nSPS) is 9.71. The van der Waals surface area contributed by atoms with Crippen molar-refractivity contribution in [3.63, 3.8) is 0 Å². The van der Waals surface area contributed by atoms with Crippen molar-refractivity contribution in [3.05, 3.63) is 21.7 Å². The lowest BCUT2D eigenvalue weighted by atomic mass is 10.1. The number of hydrogen-bond donors (Lipinski definition) is 0. The van der Waals surface area contributed by atoms with E-state index in [4.69, 9.17) is 9.47 Å². The Balaban J connectivity index is 3.49. The second-order valence-corrected chi connectivity index (χ2v) is 3.60. The average Bonchev–Trinajstić information content (AvgIpc) is 2.20. The highest BCUT2D eigenvalue weighted by Gasteiger charge is 2.14. The Bertz CT molecular complexity index is 361. The Kier molecular flexibility index (Phi) is 3.52. The molecule has 0 saturated heterocycles. The van der Waals surface area contributed by atoms with E-state index in [-0.39, 0.29) is 0 Å². The summed E-state index contributed by atoms with van der Waals surface area (Å²) in [5.41, 5.74) is 1.36. The van der Waals surface area contributed by atoms with Gasteiger partial charge in [0.05, 0.1) is 19.8 Å². The summed E-state index contributed by atoms with van der Waals surface area (Å²) in [5, 5.41) is 0. The van der Waals surface area contributed by atoms with Crippen LogP contribution < -0.4 is 9.47 Å². The molecule has 1 rings (SSSR count). The third kappa shape index (κ3) is 1.75. The van der Waals surface area contributed by atoms with Gasteiger partial charge in [-0.05, 0) is 18.6 Å². The second kappa shape index (κ2) is 4.46. The summed E-state index contributed by atoms with van der Waals surface area (Å²) in [6, 6.07) is 1.78. The van der Waals surface area contributed by atoms with Crippen LogP contribution in [0.2, 0.25) is 0 Å². The minimum absolute atomic E-state index is 0.475. The fourth-order valence-electron chi connectivity index (χ4n) is 1.22. The van der Waals surface area contributed by atoms with Crippen molar-refractivity contribution in [2.45, 2.75) is 6.92 Å². The van der Waals surface area contributed by atoms with Crippen molar-refractivity contribution in [2.24, 2.45) is 0 Å². The van der Waals surface area contributed by atoms with Crippen LogP contribution in [0.4, 0.5) is 0 Å². The smallest absolute Gasteiger partial charge is 0.171 e. The van der Waals surface area contributed by atoms with E-state index in [0.29, 0.717) is 17.1 Å². The van der Waals surface area contributed by atoms with Gasteiger partial charge in [0.2, 0.25) is 0 Å². The molecule has 0 saturated carbocycles. The highest BCUT2D eigenvalue weighted by atomic mass is 79.9. The zero-order valence-corrected chi connectivity index (χ0v) is 9.84. The predicted molar refractivity (Wildman–Crippen MR) is 57.4 cm³/mol. The van der Waals surface area contributed by atoms with E-state index < -0.39 is 0 Å². The first-order valence-electron chi connectivity index (χ1n) is 4.02. The largest absolute Gasteiger partial charge is 0.493 e. The van der Waals surface area contributed by atoms with Crippen LogP contribution in [-0.2, 0) is 0 Å². The minimum atomic E-state index is 0.475. The van der Waals surface area contributed by atoms with Crippen molar-refractivity contribution >= 4 is 22.2 Å². The zero-order chi connectivity index (χ0) is 10.7. The Morgan fingerprint density at radius 1 is 1.36 bits per heavy atom. The van der Waals surface area contributed by atoms with E-state index in [9.17, 15) is 4.79 Å². The summed E-state index contributed by atoms with van der Waals surface area (Å²) in [6.45, 7) is 1.84. The standard InChI is InChI=1S/C10H11BrO3/c1-6-7(5-12)10(14-3)9(13-2)4-8(6)11/h4-5H,1-3H3. The molecule has 0 spiro atoms. The molecule has 0 bridgehead atoms. The van der Waals surface area contributed by atoms with Crippen LogP contribution in [0.25, 0.3) is 0 Å². The molecule has 1 aromatic carbocycles. The average molecular weight is 259 g/mol. The highest BCUT2D eigenvalue weighted by molar-refractivity contribution is 9.10. The summed E-state index contributed by atoms with van der Waals surface area (Å²) >= 11 is 3.35.